The number of anilines is 1. The van der Waals surface area contributed by atoms with Crippen LogP contribution in [0.15, 0.2) is 35.4 Å². The number of rotatable bonds is 3. The zero-order chi connectivity index (χ0) is 13.8. The Kier molecular flexibility index (Phi) is 3.73. The molecule has 6 heteroatoms. The van der Waals surface area contributed by atoms with Crippen molar-refractivity contribution in [3.8, 4) is 11.3 Å². The van der Waals surface area contributed by atoms with Gasteiger partial charge < -0.3 is 15.0 Å². The number of nitrogens with zero attached hydrogens (tertiary/aromatic N) is 2. The maximum atomic E-state index is 11.3. The molecule has 20 heavy (non-hydrogen) atoms. The van der Waals surface area contributed by atoms with Gasteiger partial charge in [0, 0.05) is 43.3 Å². The lowest BCUT2D eigenvalue weighted by molar-refractivity contribution is 0.0903. The van der Waals surface area contributed by atoms with Gasteiger partial charge in [-0.05, 0) is 25.0 Å². The van der Waals surface area contributed by atoms with E-state index in [0.717, 1.165) is 37.3 Å². The van der Waals surface area contributed by atoms with Crippen LogP contribution >= 0.6 is 0 Å². The first kappa shape index (κ1) is 12.8. The van der Waals surface area contributed by atoms with Crippen LogP contribution in [0.1, 0.15) is 12.8 Å². The third kappa shape index (κ3) is 3.03. The minimum atomic E-state index is -0.139. The van der Waals surface area contributed by atoms with Crippen molar-refractivity contribution < 1.29 is 4.74 Å². The van der Waals surface area contributed by atoms with Crippen LogP contribution in [0, 0.1) is 0 Å². The molecule has 1 saturated heterocycles. The molecule has 3 heterocycles. The molecule has 0 unspecified atom stereocenters. The summed E-state index contributed by atoms with van der Waals surface area (Å²) in [7, 11) is 0. The van der Waals surface area contributed by atoms with Gasteiger partial charge in [-0.3, -0.25) is 4.79 Å². The number of H-pyrrole nitrogens is 1. The second kappa shape index (κ2) is 5.83. The highest BCUT2D eigenvalue weighted by Gasteiger charge is 2.14. The van der Waals surface area contributed by atoms with E-state index in [1.54, 1.807) is 18.5 Å². The van der Waals surface area contributed by atoms with Crippen molar-refractivity contribution in [1.82, 2.24) is 15.0 Å². The Balaban J connectivity index is 1.80. The van der Waals surface area contributed by atoms with Gasteiger partial charge in [-0.1, -0.05) is 0 Å². The monoisotopic (exact) mass is 272 g/mol. The summed E-state index contributed by atoms with van der Waals surface area (Å²) in [5.74, 6) is 0.592. The number of aromatic amines is 1. The predicted octanol–water partition coefficient (Wildman–Crippen LogP) is 1.42. The fourth-order valence-corrected chi connectivity index (χ4v) is 2.22. The fraction of sp³-hybridized carbons (Fsp3) is 0.357. The van der Waals surface area contributed by atoms with Crippen LogP contribution in [-0.2, 0) is 4.74 Å². The third-order valence-electron chi connectivity index (χ3n) is 3.28. The molecule has 2 aromatic heterocycles. The van der Waals surface area contributed by atoms with E-state index < -0.39 is 0 Å². The Labute approximate surface area is 116 Å². The lowest BCUT2D eigenvalue weighted by atomic mass is 10.1. The molecular weight excluding hydrogens is 256 g/mol. The van der Waals surface area contributed by atoms with E-state index in [2.05, 4.69) is 20.3 Å². The molecule has 1 aliphatic rings. The molecule has 0 aromatic carbocycles. The zero-order valence-corrected chi connectivity index (χ0v) is 11.0. The molecule has 0 saturated carbocycles. The Hall–Kier alpha value is -2.21. The second-order valence-electron chi connectivity index (χ2n) is 4.74. The molecule has 1 fully saturated rings. The van der Waals surface area contributed by atoms with Crippen molar-refractivity contribution in [3.63, 3.8) is 0 Å². The summed E-state index contributed by atoms with van der Waals surface area (Å²) in [5.41, 5.74) is 1.38. The summed E-state index contributed by atoms with van der Waals surface area (Å²) in [6.07, 6.45) is 5.23. The van der Waals surface area contributed by atoms with E-state index in [0.29, 0.717) is 12.0 Å². The zero-order valence-electron chi connectivity index (χ0n) is 11.0. The topological polar surface area (TPSA) is 79.9 Å². The predicted molar refractivity (Wildman–Crippen MR) is 75.6 cm³/mol. The largest absolute Gasteiger partial charge is 0.381 e. The summed E-state index contributed by atoms with van der Waals surface area (Å²) in [6, 6.07) is 5.49. The molecule has 6 nitrogen and oxygen atoms in total. The summed E-state index contributed by atoms with van der Waals surface area (Å²) in [4.78, 5) is 22.6. The molecule has 0 aliphatic carbocycles. The minimum Gasteiger partial charge on any atom is -0.381 e. The van der Waals surface area contributed by atoms with E-state index in [9.17, 15) is 4.79 Å². The van der Waals surface area contributed by atoms with Gasteiger partial charge in [0.1, 0.15) is 0 Å². The number of pyridine rings is 1. The van der Waals surface area contributed by atoms with Crippen LogP contribution in [0.3, 0.4) is 0 Å². The standard InChI is InChI=1S/C14H16N4O2/c19-13-9-10(1-5-15-13)12-2-6-16-14(18-12)17-11-3-7-20-8-4-11/h1-2,5-6,9,11H,3-4,7-8H2,(H,15,19)(H,16,17,18). The van der Waals surface area contributed by atoms with E-state index >= 15 is 0 Å². The third-order valence-corrected chi connectivity index (χ3v) is 3.28. The van der Waals surface area contributed by atoms with Crippen molar-refractivity contribution >= 4 is 5.95 Å². The molecule has 0 amide bonds. The van der Waals surface area contributed by atoms with Crippen LogP contribution < -0.4 is 10.9 Å². The van der Waals surface area contributed by atoms with Gasteiger partial charge in [0.15, 0.2) is 0 Å². The van der Waals surface area contributed by atoms with Gasteiger partial charge in [-0.2, -0.15) is 0 Å². The van der Waals surface area contributed by atoms with Gasteiger partial charge in [-0.25, -0.2) is 9.97 Å². The fourth-order valence-electron chi connectivity index (χ4n) is 2.22. The Morgan fingerprint density at radius 1 is 1.30 bits per heavy atom. The summed E-state index contributed by atoms with van der Waals surface area (Å²) in [6.45, 7) is 1.54. The summed E-state index contributed by atoms with van der Waals surface area (Å²) < 4.78 is 5.32. The molecule has 0 radical (unpaired) electrons. The number of hydrogen-bond acceptors (Lipinski definition) is 5. The van der Waals surface area contributed by atoms with E-state index in [1.807, 2.05) is 6.07 Å². The van der Waals surface area contributed by atoms with Crippen molar-refractivity contribution in [2.24, 2.45) is 0 Å². The molecule has 3 rings (SSSR count). The van der Waals surface area contributed by atoms with Gasteiger partial charge in [0.2, 0.25) is 11.5 Å². The summed E-state index contributed by atoms with van der Waals surface area (Å²) in [5, 5.41) is 3.32. The normalized spacial score (nSPS) is 16.0. The Bertz CT molecular complexity index is 635. The molecule has 0 bridgehead atoms. The molecule has 2 N–H and O–H groups in total. The van der Waals surface area contributed by atoms with Crippen LogP contribution in [-0.4, -0.2) is 34.2 Å². The molecule has 0 spiro atoms. The number of ether oxygens (including phenoxy) is 1. The van der Waals surface area contributed by atoms with Crippen LogP contribution in [0.4, 0.5) is 5.95 Å². The van der Waals surface area contributed by atoms with E-state index in [1.165, 1.54) is 6.07 Å². The highest BCUT2D eigenvalue weighted by molar-refractivity contribution is 5.59. The van der Waals surface area contributed by atoms with Crippen molar-refractivity contribution in [2.75, 3.05) is 18.5 Å². The Morgan fingerprint density at radius 2 is 2.15 bits per heavy atom. The average molecular weight is 272 g/mol. The highest BCUT2D eigenvalue weighted by Crippen LogP contribution is 2.17. The lowest BCUT2D eigenvalue weighted by Crippen LogP contribution is -2.28. The smallest absolute Gasteiger partial charge is 0.248 e. The highest BCUT2D eigenvalue weighted by atomic mass is 16.5. The molecule has 1 aliphatic heterocycles. The maximum Gasteiger partial charge on any atom is 0.248 e. The first-order valence-corrected chi connectivity index (χ1v) is 6.68. The first-order chi connectivity index (χ1) is 9.81. The van der Waals surface area contributed by atoms with Gasteiger partial charge in [0.25, 0.3) is 0 Å². The Morgan fingerprint density at radius 3 is 2.95 bits per heavy atom. The molecule has 104 valence electrons. The number of hydrogen-bond donors (Lipinski definition) is 2. The summed E-state index contributed by atoms with van der Waals surface area (Å²) >= 11 is 0. The SMILES string of the molecule is O=c1cc(-c2ccnc(NC3CCOCC3)n2)cc[nH]1. The van der Waals surface area contributed by atoms with Gasteiger partial charge >= 0.3 is 0 Å². The molecular formula is C14H16N4O2. The quantitative estimate of drug-likeness (QED) is 0.883. The lowest BCUT2D eigenvalue weighted by Gasteiger charge is -2.23. The first-order valence-electron chi connectivity index (χ1n) is 6.68. The number of nitrogens with one attached hydrogen (secondary N) is 2. The van der Waals surface area contributed by atoms with Gasteiger partial charge in [0.05, 0.1) is 5.69 Å². The van der Waals surface area contributed by atoms with Crippen LogP contribution in [0.5, 0.6) is 0 Å². The van der Waals surface area contributed by atoms with Crippen molar-refractivity contribution in [1.29, 1.82) is 0 Å². The minimum absolute atomic E-state index is 0.139. The van der Waals surface area contributed by atoms with Crippen LogP contribution in [0.2, 0.25) is 0 Å². The maximum absolute atomic E-state index is 11.3. The van der Waals surface area contributed by atoms with Crippen molar-refractivity contribution in [2.45, 2.75) is 18.9 Å². The van der Waals surface area contributed by atoms with E-state index in [-0.39, 0.29) is 5.56 Å². The van der Waals surface area contributed by atoms with Gasteiger partial charge in [-0.15, -0.1) is 0 Å². The van der Waals surface area contributed by atoms with E-state index in [4.69, 9.17) is 4.74 Å². The van der Waals surface area contributed by atoms with Crippen LogP contribution in [0.25, 0.3) is 11.3 Å². The number of aromatic nitrogens is 3. The second-order valence-corrected chi connectivity index (χ2v) is 4.74. The average Bonchev–Trinajstić information content (AvgIpc) is 2.49. The van der Waals surface area contributed by atoms with Crippen molar-refractivity contribution in [3.05, 3.63) is 40.9 Å². The molecule has 2 aromatic rings. The molecule has 0 atom stereocenters.